The molecule has 0 radical (unpaired) electrons. The zero-order valence-electron chi connectivity index (χ0n) is 29.5. The average Bonchev–Trinajstić information content (AvgIpc) is 3.00. The Morgan fingerprint density at radius 1 is 0.349 bits per heavy atom. The molecule has 0 amide bonds. The highest BCUT2D eigenvalue weighted by atomic mass is 16.7. The van der Waals surface area contributed by atoms with Crippen LogP contribution >= 0.6 is 0 Å². The van der Waals surface area contributed by atoms with Gasteiger partial charge in [-0.2, -0.15) is 0 Å². The third-order valence-corrected chi connectivity index (χ3v) is 8.83. The lowest BCUT2D eigenvalue weighted by Gasteiger charge is -2.16. The highest BCUT2D eigenvalue weighted by molar-refractivity contribution is 5.71. The fourth-order valence-corrected chi connectivity index (χ4v) is 5.88. The Bertz CT molecular complexity index is 528. The fraction of sp³-hybridized carbons (Fsp3) is 0.949. The zero-order chi connectivity index (χ0) is 31.5. The molecule has 0 aromatic heterocycles. The van der Waals surface area contributed by atoms with Crippen molar-refractivity contribution in [1.29, 1.82) is 0 Å². The first-order valence-electron chi connectivity index (χ1n) is 19.5. The number of ether oxygens (including phenoxy) is 2. The van der Waals surface area contributed by atoms with Gasteiger partial charge in [-0.15, -0.1) is 0 Å². The van der Waals surface area contributed by atoms with Gasteiger partial charge < -0.3 is 9.47 Å². The Hall–Kier alpha value is -1.06. The summed E-state index contributed by atoms with van der Waals surface area (Å²) in [7, 11) is 0. The number of hydrogen-bond donors (Lipinski definition) is 0. The monoisotopic (exact) mass is 609 g/mol. The third-order valence-electron chi connectivity index (χ3n) is 8.83. The van der Waals surface area contributed by atoms with Crippen molar-refractivity contribution in [1.82, 2.24) is 0 Å². The molecule has 0 atom stereocenters. The standard InChI is InChI=1S/C39H76O4/c1-4-7-9-11-13-15-17-19-21-23-25-27-29-31-33-35-37(40)42-39(6-3)43-38(41)36-34-32-30-28-26-24-22-20-18-16-14-12-10-8-5-2/h39H,4-36H2,1-3H3. The molecule has 4 nitrogen and oxygen atoms in total. The van der Waals surface area contributed by atoms with Crippen molar-refractivity contribution in [3.8, 4) is 0 Å². The molecule has 0 N–H and O–H groups in total. The Balaban J connectivity index is 3.50. The van der Waals surface area contributed by atoms with Crippen LogP contribution in [-0.4, -0.2) is 18.2 Å². The molecular formula is C39H76O4. The molecule has 4 heteroatoms. The van der Waals surface area contributed by atoms with E-state index in [1.54, 1.807) is 0 Å². The van der Waals surface area contributed by atoms with E-state index in [1.165, 1.54) is 167 Å². The number of unbranched alkanes of at least 4 members (excludes halogenated alkanes) is 28. The summed E-state index contributed by atoms with van der Waals surface area (Å²) in [5.74, 6) is -0.470. The van der Waals surface area contributed by atoms with Gasteiger partial charge in [-0.3, -0.25) is 9.59 Å². The topological polar surface area (TPSA) is 52.6 Å². The van der Waals surface area contributed by atoms with E-state index in [0.717, 1.165) is 25.7 Å². The van der Waals surface area contributed by atoms with Gasteiger partial charge in [0.15, 0.2) is 0 Å². The molecule has 0 rings (SSSR count). The summed E-state index contributed by atoms with van der Waals surface area (Å²) in [5, 5.41) is 0. The van der Waals surface area contributed by atoms with E-state index in [4.69, 9.17) is 9.47 Å². The van der Waals surface area contributed by atoms with Gasteiger partial charge in [-0.1, -0.05) is 201 Å². The molecule has 43 heavy (non-hydrogen) atoms. The maximum Gasteiger partial charge on any atom is 0.308 e. The van der Waals surface area contributed by atoms with Gasteiger partial charge in [-0.05, 0) is 12.8 Å². The summed E-state index contributed by atoms with van der Waals surface area (Å²) in [6.45, 7) is 6.45. The minimum atomic E-state index is -0.729. The Kier molecular flexibility index (Phi) is 34.5. The van der Waals surface area contributed by atoms with Crippen LogP contribution in [-0.2, 0) is 19.1 Å². The molecule has 0 fully saturated rings. The van der Waals surface area contributed by atoms with Crippen molar-refractivity contribution in [2.75, 3.05) is 0 Å². The lowest BCUT2D eigenvalue weighted by Crippen LogP contribution is -2.23. The number of hydrogen-bond acceptors (Lipinski definition) is 4. The molecule has 0 aliphatic rings. The minimum absolute atomic E-state index is 0.235. The molecule has 0 bridgehead atoms. The Morgan fingerprint density at radius 2 is 0.558 bits per heavy atom. The fourth-order valence-electron chi connectivity index (χ4n) is 5.88. The second kappa shape index (κ2) is 35.4. The van der Waals surface area contributed by atoms with E-state index in [2.05, 4.69) is 13.8 Å². The number of rotatable bonds is 35. The van der Waals surface area contributed by atoms with Crippen LogP contribution in [0.5, 0.6) is 0 Å². The summed E-state index contributed by atoms with van der Waals surface area (Å²) in [4.78, 5) is 24.4. The van der Waals surface area contributed by atoms with Crippen LogP contribution in [0, 0.1) is 0 Å². The summed E-state index contributed by atoms with van der Waals surface area (Å²) in [5.41, 5.74) is 0. The van der Waals surface area contributed by atoms with Crippen LogP contribution in [0.3, 0.4) is 0 Å². The molecule has 0 saturated heterocycles. The van der Waals surface area contributed by atoms with E-state index >= 15 is 0 Å². The first-order valence-corrected chi connectivity index (χ1v) is 19.5. The number of carbonyl (C=O) groups is 2. The van der Waals surface area contributed by atoms with Crippen molar-refractivity contribution in [3.63, 3.8) is 0 Å². The Morgan fingerprint density at radius 3 is 0.767 bits per heavy atom. The molecule has 0 aliphatic carbocycles. The molecule has 0 aliphatic heterocycles. The first-order chi connectivity index (χ1) is 21.1. The SMILES string of the molecule is CCCCCCCCCCCCCCCCCC(=O)OC(CC)OC(=O)CCCCCCCCCCCCCCCCC. The van der Waals surface area contributed by atoms with Crippen LogP contribution in [0.1, 0.15) is 233 Å². The molecule has 256 valence electrons. The summed E-state index contributed by atoms with van der Waals surface area (Å²) in [6, 6.07) is 0. The van der Waals surface area contributed by atoms with E-state index in [-0.39, 0.29) is 11.9 Å². The first kappa shape index (κ1) is 41.9. The number of esters is 2. The van der Waals surface area contributed by atoms with Gasteiger partial charge in [0, 0.05) is 19.3 Å². The highest BCUT2D eigenvalue weighted by Gasteiger charge is 2.16. The lowest BCUT2D eigenvalue weighted by atomic mass is 10.0. The lowest BCUT2D eigenvalue weighted by molar-refractivity contribution is -0.188. The van der Waals surface area contributed by atoms with Gasteiger partial charge in [-0.25, -0.2) is 0 Å². The summed E-state index contributed by atoms with van der Waals surface area (Å²) < 4.78 is 10.9. The van der Waals surface area contributed by atoms with Gasteiger partial charge in [0.2, 0.25) is 6.29 Å². The third kappa shape index (κ3) is 33.7. The van der Waals surface area contributed by atoms with Crippen molar-refractivity contribution in [3.05, 3.63) is 0 Å². The molecule has 0 heterocycles. The maximum absolute atomic E-state index is 12.2. The minimum Gasteiger partial charge on any atom is -0.425 e. The molecule has 0 unspecified atom stereocenters. The highest BCUT2D eigenvalue weighted by Crippen LogP contribution is 2.16. The number of carbonyl (C=O) groups excluding carboxylic acids is 2. The average molecular weight is 609 g/mol. The van der Waals surface area contributed by atoms with Crippen molar-refractivity contribution in [2.45, 2.75) is 239 Å². The molecule has 0 aromatic rings. The maximum atomic E-state index is 12.2. The van der Waals surface area contributed by atoms with Crippen LogP contribution in [0.4, 0.5) is 0 Å². The molecular weight excluding hydrogens is 532 g/mol. The van der Waals surface area contributed by atoms with Crippen molar-refractivity contribution in [2.24, 2.45) is 0 Å². The molecule has 0 aromatic carbocycles. The molecule has 0 saturated carbocycles. The Labute approximate surface area is 269 Å². The second-order valence-electron chi connectivity index (χ2n) is 13.2. The van der Waals surface area contributed by atoms with Crippen LogP contribution < -0.4 is 0 Å². The molecule has 0 spiro atoms. The van der Waals surface area contributed by atoms with Crippen molar-refractivity contribution >= 4 is 11.9 Å². The zero-order valence-corrected chi connectivity index (χ0v) is 29.5. The second-order valence-corrected chi connectivity index (χ2v) is 13.2. The predicted molar refractivity (Wildman–Crippen MR) is 185 cm³/mol. The summed E-state index contributed by atoms with van der Waals surface area (Å²) in [6.07, 6.45) is 39.9. The van der Waals surface area contributed by atoms with Gasteiger partial charge in [0.1, 0.15) is 0 Å². The van der Waals surface area contributed by atoms with E-state index < -0.39 is 6.29 Å². The van der Waals surface area contributed by atoms with Crippen LogP contribution in [0.2, 0.25) is 0 Å². The quantitative estimate of drug-likeness (QED) is 0.0408. The predicted octanol–water partition coefficient (Wildman–Crippen LogP) is 13.3. The van der Waals surface area contributed by atoms with Gasteiger partial charge in [0.25, 0.3) is 0 Å². The van der Waals surface area contributed by atoms with Crippen molar-refractivity contribution < 1.29 is 19.1 Å². The van der Waals surface area contributed by atoms with E-state index in [0.29, 0.717) is 19.3 Å². The largest absolute Gasteiger partial charge is 0.425 e. The van der Waals surface area contributed by atoms with Gasteiger partial charge >= 0.3 is 11.9 Å². The smallest absolute Gasteiger partial charge is 0.308 e. The van der Waals surface area contributed by atoms with Gasteiger partial charge in [0.05, 0.1) is 0 Å². The van der Waals surface area contributed by atoms with Crippen LogP contribution in [0.25, 0.3) is 0 Å². The normalized spacial score (nSPS) is 11.3. The summed E-state index contributed by atoms with van der Waals surface area (Å²) >= 11 is 0. The van der Waals surface area contributed by atoms with E-state index in [1.807, 2.05) is 6.92 Å². The van der Waals surface area contributed by atoms with E-state index in [9.17, 15) is 9.59 Å². The van der Waals surface area contributed by atoms with Crippen LogP contribution in [0.15, 0.2) is 0 Å².